The summed E-state index contributed by atoms with van der Waals surface area (Å²) in [5.74, 6) is 2.23. The number of anilines is 1. The highest BCUT2D eigenvalue weighted by Gasteiger charge is 2.04. The van der Waals surface area contributed by atoms with Crippen LogP contribution in [-0.2, 0) is 13.0 Å². The summed E-state index contributed by atoms with van der Waals surface area (Å²) in [6.07, 6.45) is 0.876. The number of nitrogens with zero attached hydrogens (tertiary/aromatic N) is 2. The maximum Gasteiger partial charge on any atom is 0.168 e. The third-order valence-electron chi connectivity index (χ3n) is 2.92. The van der Waals surface area contributed by atoms with Gasteiger partial charge in [0.1, 0.15) is 18.2 Å². The van der Waals surface area contributed by atoms with Gasteiger partial charge >= 0.3 is 0 Å². The molecule has 4 nitrogen and oxygen atoms in total. The Kier molecular flexibility index (Phi) is 4.79. The molecule has 0 aliphatic rings. The number of aryl methyl sites for hydroxylation is 2. The van der Waals surface area contributed by atoms with E-state index in [0.717, 1.165) is 34.3 Å². The van der Waals surface area contributed by atoms with Crippen LogP contribution in [0.3, 0.4) is 0 Å². The Hall–Kier alpha value is -1.81. The van der Waals surface area contributed by atoms with Crippen LogP contribution in [0, 0.1) is 6.92 Å². The standard InChI is InChI=1S/C15H18ClN3O/c1-4-11-8-12(5-6-13(11)16)20-9-15-18-10(2)7-14(17-3)19-15/h5-8H,4,9H2,1-3H3,(H,17,18,19). The number of hydrogen-bond acceptors (Lipinski definition) is 4. The Labute approximate surface area is 124 Å². The first kappa shape index (κ1) is 14.6. The van der Waals surface area contributed by atoms with E-state index in [4.69, 9.17) is 16.3 Å². The summed E-state index contributed by atoms with van der Waals surface area (Å²) in [5.41, 5.74) is 1.98. The molecule has 0 unspecified atom stereocenters. The lowest BCUT2D eigenvalue weighted by Gasteiger charge is -2.09. The van der Waals surface area contributed by atoms with Gasteiger partial charge in [0.15, 0.2) is 5.82 Å². The van der Waals surface area contributed by atoms with Crippen LogP contribution in [0.2, 0.25) is 5.02 Å². The van der Waals surface area contributed by atoms with Crippen LogP contribution in [0.5, 0.6) is 5.75 Å². The zero-order valence-corrected chi connectivity index (χ0v) is 12.7. The van der Waals surface area contributed by atoms with Gasteiger partial charge in [-0.15, -0.1) is 0 Å². The van der Waals surface area contributed by atoms with Crippen molar-refractivity contribution in [3.8, 4) is 5.75 Å². The molecule has 5 heteroatoms. The fraction of sp³-hybridized carbons (Fsp3) is 0.333. The summed E-state index contributed by atoms with van der Waals surface area (Å²) < 4.78 is 5.73. The number of ether oxygens (including phenoxy) is 1. The summed E-state index contributed by atoms with van der Waals surface area (Å²) >= 11 is 6.09. The number of benzene rings is 1. The van der Waals surface area contributed by atoms with Crippen LogP contribution in [0.1, 0.15) is 24.0 Å². The Bertz CT molecular complexity index is 602. The van der Waals surface area contributed by atoms with E-state index in [1.807, 2.05) is 38.2 Å². The zero-order chi connectivity index (χ0) is 14.5. The number of aromatic nitrogens is 2. The molecule has 0 spiro atoms. The van der Waals surface area contributed by atoms with Gasteiger partial charge in [-0.1, -0.05) is 18.5 Å². The lowest BCUT2D eigenvalue weighted by atomic mass is 10.1. The molecule has 1 N–H and O–H groups in total. The summed E-state index contributed by atoms with van der Waals surface area (Å²) in [6.45, 7) is 4.33. The molecule has 20 heavy (non-hydrogen) atoms. The molecule has 1 aromatic carbocycles. The quantitative estimate of drug-likeness (QED) is 0.914. The minimum absolute atomic E-state index is 0.334. The van der Waals surface area contributed by atoms with Gasteiger partial charge in [-0.25, -0.2) is 9.97 Å². The van der Waals surface area contributed by atoms with Gasteiger partial charge in [-0.2, -0.15) is 0 Å². The molecule has 0 atom stereocenters. The van der Waals surface area contributed by atoms with Crippen molar-refractivity contribution in [2.75, 3.05) is 12.4 Å². The molecule has 0 amide bonds. The molecule has 0 radical (unpaired) electrons. The number of rotatable bonds is 5. The van der Waals surface area contributed by atoms with E-state index >= 15 is 0 Å². The zero-order valence-electron chi connectivity index (χ0n) is 11.9. The summed E-state index contributed by atoms with van der Waals surface area (Å²) in [5, 5.41) is 3.78. The van der Waals surface area contributed by atoms with Crippen LogP contribution >= 0.6 is 11.6 Å². The van der Waals surface area contributed by atoms with Crippen molar-refractivity contribution in [2.24, 2.45) is 0 Å². The third-order valence-corrected chi connectivity index (χ3v) is 3.29. The van der Waals surface area contributed by atoms with Crippen LogP contribution in [0.4, 0.5) is 5.82 Å². The number of hydrogen-bond donors (Lipinski definition) is 1. The molecule has 1 heterocycles. The second kappa shape index (κ2) is 6.57. The van der Waals surface area contributed by atoms with Gasteiger partial charge in [-0.05, 0) is 37.1 Å². The van der Waals surface area contributed by atoms with Crippen molar-refractivity contribution in [3.63, 3.8) is 0 Å². The molecule has 0 saturated carbocycles. The Morgan fingerprint density at radius 1 is 1.25 bits per heavy atom. The van der Waals surface area contributed by atoms with Gasteiger partial charge in [-0.3, -0.25) is 0 Å². The molecule has 0 bridgehead atoms. The van der Waals surface area contributed by atoms with E-state index in [9.17, 15) is 0 Å². The Balaban J connectivity index is 2.10. The van der Waals surface area contributed by atoms with E-state index in [1.54, 1.807) is 0 Å². The van der Waals surface area contributed by atoms with Crippen molar-refractivity contribution in [3.05, 3.63) is 46.4 Å². The van der Waals surface area contributed by atoms with Gasteiger partial charge in [0, 0.05) is 23.8 Å². The third kappa shape index (κ3) is 3.61. The molecular formula is C15H18ClN3O. The molecule has 0 saturated heterocycles. The van der Waals surface area contributed by atoms with E-state index in [2.05, 4.69) is 22.2 Å². The van der Waals surface area contributed by atoms with E-state index in [1.165, 1.54) is 0 Å². The molecule has 0 aliphatic carbocycles. The van der Waals surface area contributed by atoms with Crippen molar-refractivity contribution >= 4 is 17.4 Å². The van der Waals surface area contributed by atoms with Crippen molar-refractivity contribution in [1.29, 1.82) is 0 Å². The largest absolute Gasteiger partial charge is 0.486 e. The predicted octanol–water partition coefficient (Wildman–Crippen LogP) is 3.62. The monoisotopic (exact) mass is 291 g/mol. The number of halogens is 1. The minimum atomic E-state index is 0.334. The topological polar surface area (TPSA) is 47.0 Å². The highest BCUT2D eigenvalue weighted by atomic mass is 35.5. The van der Waals surface area contributed by atoms with Crippen LogP contribution < -0.4 is 10.1 Å². The van der Waals surface area contributed by atoms with Gasteiger partial charge in [0.05, 0.1) is 0 Å². The lowest BCUT2D eigenvalue weighted by Crippen LogP contribution is -2.05. The average molecular weight is 292 g/mol. The smallest absolute Gasteiger partial charge is 0.168 e. The molecular weight excluding hydrogens is 274 g/mol. The maximum absolute atomic E-state index is 6.09. The molecule has 1 aromatic heterocycles. The second-order valence-electron chi connectivity index (χ2n) is 4.46. The molecule has 2 rings (SSSR count). The van der Waals surface area contributed by atoms with E-state index in [-0.39, 0.29) is 0 Å². The normalized spacial score (nSPS) is 10.4. The molecule has 0 fully saturated rings. The lowest BCUT2D eigenvalue weighted by molar-refractivity contribution is 0.295. The second-order valence-corrected chi connectivity index (χ2v) is 4.86. The van der Waals surface area contributed by atoms with E-state index < -0.39 is 0 Å². The molecule has 0 aliphatic heterocycles. The fourth-order valence-electron chi connectivity index (χ4n) is 1.88. The molecule has 2 aromatic rings. The predicted molar refractivity (Wildman–Crippen MR) is 81.5 cm³/mol. The van der Waals surface area contributed by atoms with Gasteiger partial charge < -0.3 is 10.1 Å². The Morgan fingerprint density at radius 2 is 2.05 bits per heavy atom. The molecule has 106 valence electrons. The SMILES string of the molecule is CCc1cc(OCc2nc(C)cc(NC)n2)ccc1Cl. The summed E-state index contributed by atoms with van der Waals surface area (Å²) in [4.78, 5) is 8.71. The highest BCUT2D eigenvalue weighted by molar-refractivity contribution is 6.31. The van der Waals surface area contributed by atoms with Gasteiger partial charge in [0.2, 0.25) is 0 Å². The van der Waals surface area contributed by atoms with Crippen LogP contribution in [0.15, 0.2) is 24.3 Å². The van der Waals surface area contributed by atoms with Crippen LogP contribution in [0.25, 0.3) is 0 Å². The average Bonchev–Trinajstić information content (AvgIpc) is 2.45. The Morgan fingerprint density at radius 3 is 2.75 bits per heavy atom. The minimum Gasteiger partial charge on any atom is -0.486 e. The van der Waals surface area contributed by atoms with E-state index in [0.29, 0.717) is 12.4 Å². The fourth-order valence-corrected chi connectivity index (χ4v) is 2.13. The van der Waals surface area contributed by atoms with Gasteiger partial charge in [0.25, 0.3) is 0 Å². The first-order valence-corrected chi connectivity index (χ1v) is 6.93. The van der Waals surface area contributed by atoms with Crippen molar-refractivity contribution < 1.29 is 4.74 Å². The maximum atomic E-state index is 6.09. The number of nitrogens with one attached hydrogen (secondary N) is 1. The first-order valence-electron chi connectivity index (χ1n) is 6.56. The van der Waals surface area contributed by atoms with Crippen molar-refractivity contribution in [1.82, 2.24) is 9.97 Å². The highest BCUT2D eigenvalue weighted by Crippen LogP contribution is 2.23. The van der Waals surface area contributed by atoms with Crippen molar-refractivity contribution in [2.45, 2.75) is 26.9 Å². The first-order chi connectivity index (χ1) is 9.62. The van der Waals surface area contributed by atoms with Crippen LogP contribution in [-0.4, -0.2) is 17.0 Å². The summed E-state index contributed by atoms with van der Waals surface area (Å²) in [6, 6.07) is 7.56. The summed E-state index contributed by atoms with van der Waals surface area (Å²) in [7, 11) is 1.83.